The molecule has 42 heavy (non-hydrogen) atoms. The molecule has 0 N–H and O–H groups in total. The van der Waals surface area contributed by atoms with E-state index in [9.17, 15) is 0 Å². The summed E-state index contributed by atoms with van der Waals surface area (Å²) in [5, 5.41) is 4.66. The molecule has 3 heteroatoms. The molecule has 0 aliphatic heterocycles. The van der Waals surface area contributed by atoms with Gasteiger partial charge >= 0.3 is 0 Å². The SMILES string of the molecule is c1ccc(-c2nc(-c3ccc4ccc5cccnc5c4n3)c(-c3ccccc3)c3c2-c2cccc4cccc-3c24)cc1. The molecule has 9 rings (SSSR count). The molecule has 0 saturated heterocycles. The highest BCUT2D eigenvalue weighted by molar-refractivity contribution is 6.21. The summed E-state index contributed by atoms with van der Waals surface area (Å²) in [6.07, 6.45) is 1.84. The van der Waals surface area contributed by atoms with E-state index in [2.05, 4.69) is 127 Å². The molecule has 0 fully saturated rings. The maximum atomic E-state index is 5.54. The van der Waals surface area contributed by atoms with Crippen molar-refractivity contribution in [1.29, 1.82) is 0 Å². The fourth-order valence-electron chi connectivity index (χ4n) is 6.61. The van der Waals surface area contributed by atoms with E-state index in [1.807, 2.05) is 12.3 Å². The molecule has 3 nitrogen and oxygen atoms in total. The van der Waals surface area contributed by atoms with Gasteiger partial charge in [0.25, 0.3) is 0 Å². The van der Waals surface area contributed by atoms with Gasteiger partial charge in [-0.2, -0.15) is 0 Å². The van der Waals surface area contributed by atoms with E-state index in [1.54, 1.807) is 0 Å². The maximum Gasteiger partial charge on any atom is 0.0978 e. The quantitative estimate of drug-likeness (QED) is 0.212. The van der Waals surface area contributed by atoms with Crippen molar-refractivity contribution < 1.29 is 0 Å². The van der Waals surface area contributed by atoms with Crippen molar-refractivity contribution in [2.45, 2.75) is 0 Å². The minimum absolute atomic E-state index is 0.836. The molecule has 1 aliphatic carbocycles. The molecule has 0 atom stereocenters. The first kappa shape index (κ1) is 23.1. The topological polar surface area (TPSA) is 38.7 Å². The predicted molar refractivity (Wildman–Crippen MR) is 173 cm³/mol. The molecule has 0 amide bonds. The molecule has 1 aliphatic rings. The van der Waals surface area contributed by atoms with Crippen LogP contribution in [-0.2, 0) is 0 Å². The lowest BCUT2D eigenvalue weighted by molar-refractivity contribution is 1.28. The highest BCUT2D eigenvalue weighted by Gasteiger charge is 2.31. The van der Waals surface area contributed by atoms with Crippen molar-refractivity contribution in [3.05, 3.63) is 140 Å². The van der Waals surface area contributed by atoms with Crippen LogP contribution in [0.3, 0.4) is 0 Å². The monoisotopic (exact) mass is 533 g/mol. The van der Waals surface area contributed by atoms with Crippen LogP contribution in [-0.4, -0.2) is 15.0 Å². The fourth-order valence-corrected chi connectivity index (χ4v) is 6.61. The van der Waals surface area contributed by atoms with Crippen molar-refractivity contribution in [2.24, 2.45) is 0 Å². The Morgan fingerprint density at radius 2 is 1.02 bits per heavy atom. The standard InChI is InChI=1S/C39H23N3/c1-3-10-25(11-4-1)33-34-29-17-7-14-24-15-8-18-30(32(24)29)35(34)36(26-12-5-2-6-13-26)42-39(33)31-22-21-28-20-19-27-16-9-23-40-37(27)38(28)41-31/h1-23H. The second-order valence-electron chi connectivity index (χ2n) is 10.8. The molecule has 0 spiro atoms. The Bertz CT molecular complexity index is 2340. The van der Waals surface area contributed by atoms with Gasteiger partial charge in [-0.25, -0.2) is 9.97 Å². The normalized spacial score (nSPS) is 11.8. The Morgan fingerprint density at radius 1 is 0.381 bits per heavy atom. The molecule has 0 saturated carbocycles. The van der Waals surface area contributed by atoms with Crippen molar-refractivity contribution >= 4 is 32.6 Å². The minimum atomic E-state index is 0.836. The average molecular weight is 534 g/mol. The van der Waals surface area contributed by atoms with Crippen LogP contribution in [0.25, 0.3) is 88.6 Å². The third-order valence-electron chi connectivity index (χ3n) is 8.43. The van der Waals surface area contributed by atoms with E-state index in [0.717, 1.165) is 55.6 Å². The fraction of sp³-hybridized carbons (Fsp3) is 0. The van der Waals surface area contributed by atoms with Crippen molar-refractivity contribution in [2.75, 3.05) is 0 Å². The molecule has 3 heterocycles. The molecule has 0 bridgehead atoms. The van der Waals surface area contributed by atoms with Gasteiger partial charge in [0.1, 0.15) is 0 Å². The molecule has 3 aromatic heterocycles. The van der Waals surface area contributed by atoms with Gasteiger partial charge in [0.15, 0.2) is 0 Å². The van der Waals surface area contributed by atoms with E-state index in [1.165, 1.54) is 33.0 Å². The number of aromatic nitrogens is 3. The Labute approximate surface area is 242 Å². The molecule has 0 unspecified atom stereocenters. The zero-order valence-electron chi connectivity index (χ0n) is 22.6. The minimum Gasteiger partial charge on any atom is -0.254 e. The third-order valence-corrected chi connectivity index (χ3v) is 8.43. The predicted octanol–water partition coefficient (Wildman–Crippen LogP) is 9.98. The van der Waals surface area contributed by atoms with E-state index >= 15 is 0 Å². The molecule has 0 radical (unpaired) electrons. The number of hydrogen-bond donors (Lipinski definition) is 0. The number of nitrogens with zero attached hydrogens (tertiary/aromatic N) is 3. The highest BCUT2D eigenvalue weighted by Crippen LogP contribution is 2.55. The summed E-state index contributed by atoms with van der Waals surface area (Å²) in [5.41, 5.74) is 12.7. The third kappa shape index (κ3) is 3.31. The maximum absolute atomic E-state index is 5.54. The number of fused-ring (bicyclic) bond motifs is 6. The summed E-state index contributed by atoms with van der Waals surface area (Å²) in [7, 11) is 0. The zero-order chi connectivity index (χ0) is 27.6. The van der Waals surface area contributed by atoms with E-state index < -0.39 is 0 Å². The molecule has 8 aromatic rings. The smallest absolute Gasteiger partial charge is 0.0978 e. The summed E-state index contributed by atoms with van der Waals surface area (Å²) >= 11 is 0. The Morgan fingerprint density at radius 3 is 1.79 bits per heavy atom. The number of rotatable bonds is 3. The van der Waals surface area contributed by atoms with Crippen LogP contribution in [0.4, 0.5) is 0 Å². The molecular formula is C39H23N3. The van der Waals surface area contributed by atoms with Crippen LogP contribution < -0.4 is 0 Å². The van der Waals surface area contributed by atoms with E-state index in [4.69, 9.17) is 15.0 Å². The van der Waals surface area contributed by atoms with Gasteiger partial charge in [0, 0.05) is 39.2 Å². The molecule has 194 valence electrons. The summed E-state index contributed by atoms with van der Waals surface area (Å²) in [4.78, 5) is 15.5. The lowest BCUT2D eigenvalue weighted by Crippen LogP contribution is -2.00. The van der Waals surface area contributed by atoms with Crippen LogP contribution in [0.1, 0.15) is 0 Å². The van der Waals surface area contributed by atoms with E-state index in [0.29, 0.717) is 0 Å². The van der Waals surface area contributed by atoms with E-state index in [-0.39, 0.29) is 0 Å². The summed E-state index contributed by atoms with van der Waals surface area (Å²) in [6, 6.07) is 47.0. The number of pyridine rings is 3. The van der Waals surface area contributed by atoms with Gasteiger partial charge in [-0.15, -0.1) is 0 Å². The van der Waals surface area contributed by atoms with Gasteiger partial charge in [-0.1, -0.05) is 121 Å². The van der Waals surface area contributed by atoms with Crippen LogP contribution in [0, 0.1) is 0 Å². The largest absolute Gasteiger partial charge is 0.254 e. The Hall–Kier alpha value is -5.67. The summed E-state index contributed by atoms with van der Waals surface area (Å²) < 4.78 is 0. The van der Waals surface area contributed by atoms with Gasteiger partial charge in [0.05, 0.1) is 28.1 Å². The second-order valence-corrected chi connectivity index (χ2v) is 10.8. The van der Waals surface area contributed by atoms with Crippen LogP contribution >= 0.6 is 0 Å². The number of benzene rings is 5. The Kier molecular flexibility index (Phi) is 4.90. The second kappa shape index (κ2) is 8.92. The van der Waals surface area contributed by atoms with Gasteiger partial charge in [-0.3, -0.25) is 4.98 Å². The molecule has 5 aromatic carbocycles. The van der Waals surface area contributed by atoms with Crippen LogP contribution in [0.15, 0.2) is 140 Å². The first-order valence-corrected chi connectivity index (χ1v) is 14.2. The summed E-state index contributed by atoms with van der Waals surface area (Å²) in [5.74, 6) is 0. The van der Waals surface area contributed by atoms with Crippen LogP contribution in [0.2, 0.25) is 0 Å². The van der Waals surface area contributed by atoms with Gasteiger partial charge < -0.3 is 0 Å². The summed E-state index contributed by atoms with van der Waals surface area (Å²) in [6.45, 7) is 0. The Balaban J connectivity index is 1.46. The van der Waals surface area contributed by atoms with Gasteiger partial charge in [0.2, 0.25) is 0 Å². The van der Waals surface area contributed by atoms with Crippen molar-refractivity contribution in [3.63, 3.8) is 0 Å². The lowest BCUT2D eigenvalue weighted by Gasteiger charge is -2.19. The van der Waals surface area contributed by atoms with Crippen LogP contribution in [0.5, 0.6) is 0 Å². The average Bonchev–Trinajstić information content (AvgIpc) is 3.40. The lowest BCUT2D eigenvalue weighted by atomic mass is 9.88. The van der Waals surface area contributed by atoms with Gasteiger partial charge in [-0.05, 0) is 39.6 Å². The van der Waals surface area contributed by atoms with Crippen molar-refractivity contribution in [3.8, 4) is 56.0 Å². The zero-order valence-corrected chi connectivity index (χ0v) is 22.6. The first-order valence-electron chi connectivity index (χ1n) is 14.2. The number of hydrogen-bond acceptors (Lipinski definition) is 3. The first-order chi connectivity index (χ1) is 20.8. The van der Waals surface area contributed by atoms with Crippen molar-refractivity contribution in [1.82, 2.24) is 15.0 Å². The molecular weight excluding hydrogens is 510 g/mol. The highest BCUT2D eigenvalue weighted by atomic mass is 14.8.